The Hall–Kier alpha value is -3.43. The van der Waals surface area contributed by atoms with Crippen molar-refractivity contribution in [1.82, 2.24) is 33.8 Å². The third-order valence-electron chi connectivity index (χ3n) is 14.0. The number of allylic oxidation sites excluding steroid dienone is 2. The molecule has 394 valence electrons. The smallest absolute Gasteiger partial charge is 0.240 e. The fourth-order valence-electron chi connectivity index (χ4n) is 10.1. The van der Waals surface area contributed by atoms with Crippen LogP contribution in [0.25, 0.3) is 0 Å². The van der Waals surface area contributed by atoms with E-state index in [0.717, 1.165) is 56.6 Å². The molecule has 4 aromatic rings. The third kappa shape index (κ3) is 14.0. The van der Waals surface area contributed by atoms with Gasteiger partial charge in [0.25, 0.3) is 0 Å². The van der Waals surface area contributed by atoms with Crippen LogP contribution in [0.5, 0.6) is 0 Å². The van der Waals surface area contributed by atoms with Crippen molar-refractivity contribution in [2.45, 2.75) is 55.5 Å². The van der Waals surface area contributed by atoms with Gasteiger partial charge in [0.15, 0.2) is 0 Å². The predicted octanol–water partition coefficient (Wildman–Crippen LogP) is 8.68. The average molecular weight is 1130 g/mol. The van der Waals surface area contributed by atoms with Crippen LogP contribution in [0.1, 0.15) is 64.6 Å². The first kappa shape index (κ1) is 57.3. The molecule has 20 heteroatoms. The van der Waals surface area contributed by atoms with Gasteiger partial charge in [-0.2, -0.15) is 0 Å². The Morgan fingerprint density at radius 1 is 0.685 bits per heavy atom. The highest BCUT2D eigenvalue weighted by atomic mass is 35.5. The monoisotopic (exact) mass is 1130 g/mol. The summed E-state index contributed by atoms with van der Waals surface area (Å²) < 4.78 is 91.1. The molecule has 4 aromatic carbocycles. The van der Waals surface area contributed by atoms with E-state index in [-0.39, 0.29) is 71.7 Å². The number of likely N-dealkylation sites (N-methyl/N-ethyl adjacent to an activating group) is 3. The summed E-state index contributed by atoms with van der Waals surface area (Å²) in [7, 11) is -6.17. The van der Waals surface area contributed by atoms with Crippen LogP contribution in [0.3, 0.4) is 0 Å². The lowest BCUT2D eigenvalue weighted by atomic mass is 9.83. The van der Waals surface area contributed by atoms with Crippen LogP contribution in [-0.2, 0) is 43.2 Å². The van der Waals surface area contributed by atoms with Crippen molar-refractivity contribution in [2.24, 2.45) is 5.92 Å². The second-order valence-electron chi connectivity index (χ2n) is 19.6. The summed E-state index contributed by atoms with van der Waals surface area (Å²) in [5, 5.41) is 2.32. The Labute approximate surface area is 453 Å². The second-order valence-corrected chi connectivity index (χ2v) is 26.8. The normalized spacial score (nSPS) is 20.3. The fraction of sp³-hybridized carbons (Fsp3) is 0.396. The van der Waals surface area contributed by atoms with Crippen molar-refractivity contribution in [2.75, 3.05) is 86.6 Å². The highest BCUT2D eigenvalue weighted by Crippen LogP contribution is 2.40. The summed E-state index contributed by atoms with van der Waals surface area (Å²) in [5.41, 5.74) is 9.35. The molecule has 0 spiro atoms. The van der Waals surface area contributed by atoms with E-state index in [1.807, 2.05) is 72.2 Å². The van der Waals surface area contributed by atoms with Crippen molar-refractivity contribution in [1.29, 1.82) is 0 Å². The van der Waals surface area contributed by atoms with Crippen LogP contribution in [0.4, 0.5) is 0 Å². The summed E-state index contributed by atoms with van der Waals surface area (Å²) in [6, 6.07) is 21.2. The molecule has 0 amide bonds. The lowest BCUT2D eigenvalue weighted by Crippen LogP contribution is -2.43. The maximum absolute atomic E-state index is 14.0. The van der Waals surface area contributed by atoms with E-state index in [1.165, 1.54) is 11.6 Å². The minimum Gasteiger partial charge on any atom is -0.301 e. The number of halogens is 4. The molecule has 0 aliphatic carbocycles. The first-order valence-corrected chi connectivity index (χ1v) is 29.9. The van der Waals surface area contributed by atoms with E-state index in [2.05, 4.69) is 42.0 Å². The van der Waals surface area contributed by atoms with Gasteiger partial charge in [0.05, 0.1) is 14.7 Å². The van der Waals surface area contributed by atoms with Gasteiger partial charge >= 0.3 is 0 Å². The number of fused-ring (bicyclic) bond motifs is 2. The number of hydrogen-bond acceptors (Lipinski definition) is 10. The van der Waals surface area contributed by atoms with Gasteiger partial charge < -0.3 is 14.7 Å². The quantitative estimate of drug-likeness (QED) is 0.0779. The fourth-order valence-corrected chi connectivity index (χ4v) is 14.2. The molecule has 0 bridgehead atoms. The molecule has 1 fully saturated rings. The summed E-state index contributed by atoms with van der Waals surface area (Å²) in [6.07, 6.45) is 1.54. The molecular weight excluding hydrogens is 1070 g/mol. The van der Waals surface area contributed by atoms with Crippen molar-refractivity contribution >= 4 is 76.5 Å². The number of likely N-dealkylation sites (tertiary alicyclic amines) is 1. The molecule has 0 radical (unpaired) electrons. The lowest BCUT2D eigenvalue weighted by molar-refractivity contribution is 0.287. The van der Waals surface area contributed by atoms with Gasteiger partial charge in [-0.05, 0) is 147 Å². The number of nitrogens with one attached hydrogen (secondary N) is 3. The molecule has 7 rings (SSSR count). The van der Waals surface area contributed by atoms with E-state index in [9.17, 15) is 25.3 Å². The molecule has 3 atom stereocenters. The zero-order valence-electron chi connectivity index (χ0n) is 42.1. The van der Waals surface area contributed by atoms with Gasteiger partial charge in [0.1, 0.15) is 0 Å². The number of nitrogens with zero attached hydrogens (tertiary/aromatic N) is 4. The third-order valence-corrected chi connectivity index (χ3v) is 19.3. The van der Waals surface area contributed by atoms with Crippen LogP contribution < -0.4 is 14.2 Å². The van der Waals surface area contributed by atoms with Crippen LogP contribution in [0.2, 0.25) is 15.1 Å². The Kier molecular flexibility index (Phi) is 18.7. The van der Waals surface area contributed by atoms with E-state index < -0.39 is 30.1 Å². The highest BCUT2D eigenvalue weighted by molar-refractivity contribution is 7.93. The summed E-state index contributed by atoms with van der Waals surface area (Å²) in [6.45, 7) is 17.9. The van der Waals surface area contributed by atoms with Crippen molar-refractivity contribution < 1.29 is 25.3 Å². The van der Waals surface area contributed by atoms with E-state index in [0.29, 0.717) is 52.8 Å². The van der Waals surface area contributed by atoms with Gasteiger partial charge in [0.2, 0.25) is 30.1 Å². The van der Waals surface area contributed by atoms with Gasteiger partial charge in [-0.1, -0.05) is 89.4 Å². The molecule has 0 saturated carbocycles. The van der Waals surface area contributed by atoms with E-state index >= 15 is 0 Å². The molecule has 3 N–H and O–H groups in total. The first-order chi connectivity index (χ1) is 34.3. The largest absolute Gasteiger partial charge is 0.301 e. The molecule has 3 aliphatic heterocycles. The molecule has 3 heterocycles. The zero-order valence-corrected chi connectivity index (χ0v) is 47.6. The molecule has 0 aromatic heterocycles. The number of benzene rings is 4. The van der Waals surface area contributed by atoms with Crippen LogP contribution in [0.15, 0.2) is 128 Å². The summed E-state index contributed by atoms with van der Waals surface area (Å²) in [4.78, 5) is 8.26. The zero-order chi connectivity index (χ0) is 53.2. The van der Waals surface area contributed by atoms with Gasteiger partial charge in [-0.3, -0.25) is 4.90 Å². The average Bonchev–Trinajstić information content (AvgIpc) is 3.32. The van der Waals surface area contributed by atoms with E-state index in [1.54, 1.807) is 47.4 Å². The van der Waals surface area contributed by atoms with Gasteiger partial charge in [0, 0.05) is 116 Å². The minimum absolute atomic E-state index is 0.0597. The van der Waals surface area contributed by atoms with Crippen molar-refractivity contribution in [3.05, 3.63) is 173 Å². The minimum atomic E-state index is -4.07. The molecule has 3 aliphatic rings. The Morgan fingerprint density at radius 3 is 1.70 bits per heavy atom. The number of sulfonamides is 3. The van der Waals surface area contributed by atoms with Gasteiger partial charge in [-0.25, -0.2) is 39.4 Å². The van der Waals surface area contributed by atoms with Crippen molar-refractivity contribution in [3.63, 3.8) is 0 Å². The maximum atomic E-state index is 14.0. The Bertz CT molecular complexity index is 3030. The van der Waals surface area contributed by atoms with Crippen molar-refractivity contribution in [3.8, 4) is 0 Å². The summed E-state index contributed by atoms with van der Waals surface area (Å²) in [5.74, 6) is -0.459. The SMILES string of the molecule is C=C1C(=C(C)Cl)CN(C)CC1C(C)=CC(=C)S(=O)(=O)NCCN(CCNS(=O)(=O)c1cccc(C2CN(C)Cc3c(C)cc(Cl)cc32)c1)CCNS(=O)(=O)c1cccc(C2CN(C)Cc3c(Cl)cc(Cl)cc32)c1. The molecule has 1 saturated heterocycles. The second kappa shape index (κ2) is 23.9. The topological polar surface area (TPSA) is 151 Å². The maximum Gasteiger partial charge on any atom is 0.240 e. The molecular formula is C53H65Cl4N7O6S3. The number of hydrogen-bond donors (Lipinski definition) is 3. The van der Waals surface area contributed by atoms with E-state index in [4.69, 9.17) is 46.4 Å². The van der Waals surface area contributed by atoms with Gasteiger partial charge in [-0.15, -0.1) is 0 Å². The Balaban J connectivity index is 1.05. The number of piperidine rings is 1. The van der Waals surface area contributed by atoms with Crippen LogP contribution in [-0.4, -0.2) is 131 Å². The highest BCUT2D eigenvalue weighted by Gasteiger charge is 2.31. The lowest BCUT2D eigenvalue weighted by Gasteiger charge is -2.35. The molecule has 3 unspecified atom stereocenters. The number of aryl methyl sites for hydroxylation is 1. The number of rotatable bonds is 19. The standard InChI is InChI=1S/C53H65Cl4N7O6S3/c1-34(47-28-61(6)30-49(37(47)4)38(5)54)21-36(3)71(65,66)58-15-18-64(19-16-59-72(67,68)43-13-9-11-39(23-43)50-31-62(7)29-48-35(2)22-41(55)25-45(48)50)20-17-60-73(69,70)44-14-10-12-40(24-44)51-32-63(8)33-52-46(51)26-42(56)27-53(52)57/h9-14,21-27,47,50-51,58-60H,3-4,15-20,28-33H2,1-2,5-8H3. The summed E-state index contributed by atoms with van der Waals surface area (Å²) >= 11 is 26.0. The predicted molar refractivity (Wildman–Crippen MR) is 297 cm³/mol. The first-order valence-electron chi connectivity index (χ1n) is 24.0. The molecule has 13 nitrogen and oxygen atoms in total. The molecule has 73 heavy (non-hydrogen) atoms. The van der Waals surface area contributed by atoms with Crippen LogP contribution in [0, 0.1) is 12.8 Å². The Morgan fingerprint density at radius 2 is 1.16 bits per heavy atom. The van der Waals surface area contributed by atoms with Crippen LogP contribution >= 0.6 is 46.4 Å².